The molecule has 1 aliphatic rings. The molecule has 0 bridgehead atoms. The van der Waals surface area contributed by atoms with Crippen LogP contribution in [0.25, 0.3) is 0 Å². The van der Waals surface area contributed by atoms with Gasteiger partial charge in [0.25, 0.3) is 0 Å². The van der Waals surface area contributed by atoms with E-state index in [9.17, 15) is 15.3 Å². The highest BCUT2D eigenvalue weighted by atomic mass is 35.5. The van der Waals surface area contributed by atoms with E-state index < -0.39 is 0 Å². The Morgan fingerprint density at radius 2 is 1.73 bits per heavy atom. The van der Waals surface area contributed by atoms with Gasteiger partial charge in [-0.2, -0.15) is 0 Å². The Morgan fingerprint density at radius 3 is 2.45 bits per heavy atom. The van der Waals surface area contributed by atoms with Crippen molar-refractivity contribution in [2.24, 2.45) is 0 Å². The van der Waals surface area contributed by atoms with E-state index in [4.69, 9.17) is 4.74 Å². The van der Waals surface area contributed by atoms with Crippen molar-refractivity contribution in [2.75, 3.05) is 13.2 Å². The Balaban J connectivity index is 0.00000176. The number of phenolic OH excluding ortho intramolecular Hbond substituents is 3. The number of halogens is 1. The highest BCUT2D eigenvalue weighted by Gasteiger charge is 2.22. The zero-order valence-electron chi connectivity index (χ0n) is 11.8. The van der Waals surface area contributed by atoms with Crippen LogP contribution in [-0.2, 0) is 6.42 Å². The summed E-state index contributed by atoms with van der Waals surface area (Å²) in [5.41, 5.74) is 1.96. The van der Waals surface area contributed by atoms with Crippen LogP contribution in [-0.4, -0.2) is 28.5 Å². The van der Waals surface area contributed by atoms with Gasteiger partial charge in [-0.05, 0) is 60.5 Å². The molecule has 4 N–H and O–H groups in total. The van der Waals surface area contributed by atoms with Crippen molar-refractivity contribution in [1.29, 1.82) is 0 Å². The molecule has 3 rings (SSSR count). The molecule has 0 amide bonds. The predicted molar refractivity (Wildman–Crippen MR) is 85.1 cm³/mol. The largest absolute Gasteiger partial charge is 0.508 e. The van der Waals surface area contributed by atoms with Crippen molar-refractivity contribution in [3.8, 4) is 23.0 Å². The molecular weight excluding hydrogens is 306 g/mol. The first-order chi connectivity index (χ1) is 10.1. The fraction of sp³-hybridized carbons (Fsp3) is 0.250. The lowest BCUT2D eigenvalue weighted by Crippen LogP contribution is -2.33. The van der Waals surface area contributed by atoms with E-state index in [1.165, 1.54) is 0 Å². The molecule has 1 unspecified atom stereocenters. The third-order valence-electron chi connectivity index (χ3n) is 3.65. The smallest absolute Gasteiger partial charge is 0.157 e. The summed E-state index contributed by atoms with van der Waals surface area (Å²) in [4.78, 5) is 0. The number of fused-ring (bicyclic) bond motifs is 1. The topological polar surface area (TPSA) is 82.0 Å². The third-order valence-corrected chi connectivity index (χ3v) is 3.65. The van der Waals surface area contributed by atoms with Crippen LogP contribution in [0.4, 0.5) is 0 Å². The van der Waals surface area contributed by atoms with Crippen molar-refractivity contribution in [3.63, 3.8) is 0 Å². The molecule has 118 valence electrons. The summed E-state index contributed by atoms with van der Waals surface area (Å²) in [5, 5.41) is 31.8. The lowest BCUT2D eigenvalue weighted by Gasteiger charge is -2.27. The maximum atomic E-state index is 9.66. The van der Waals surface area contributed by atoms with Crippen molar-refractivity contribution in [3.05, 3.63) is 47.5 Å². The molecule has 2 aromatic carbocycles. The lowest BCUT2D eigenvalue weighted by molar-refractivity contribution is 0.260. The van der Waals surface area contributed by atoms with Crippen LogP contribution in [0.1, 0.15) is 17.2 Å². The van der Waals surface area contributed by atoms with Crippen molar-refractivity contribution in [2.45, 2.75) is 12.5 Å². The number of ether oxygens (including phenoxy) is 1. The van der Waals surface area contributed by atoms with Gasteiger partial charge in [0.05, 0.1) is 6.04 Å². The maximum Gasteiger partial charge on any atom is 0.157 e. The van der Waals surface area contributed by atoms with Crippen LogP contribution in [0, 0.1) is 0 Å². The normalized spacial score (nSPS) is 16.5. The van der Waals surface area contributed by atoms with E-state index >= 15 is 0 Å². The number of phenols is 3. The van der Waals surface area contributed by atoms with Crippen molar-refractivity contribution < 1.29 is 20.1 Å². The second-order valence-electron chi connectivity index (χ2n) is 5.10. The highest BCUT2D eigenvalue weighted by Crippen LogP contribution is 2.33. The van der Waals surface area contributed by atoms with Crippen LogP contribution in [0.3, 0.4) is 0 Å². The van der Waals surface area contributed by atoms with E-state index in [2.05, 4.69) is 5.32 Å². The Hall–Kier alpha value is -2.11. The van der Waals surface area contributed by atoms with E-state index in [0.717, 1.165) is 24.1 Å². The van der Waals surface area contributed by atoms with E-state index in [1.807, 2.05) is 0 Å². The van der Waals surface area contributed by atoms with Crippen molar-refractivity contribution >= 4 is 12.4 Å². The van der Waals surface area contributed by atoms with Crippen LogP contribution in [0.5, 0.6) is 23.0 Å². The second kappa shape index (κ2) is 6.77. The molecule has 0 saturated heterocycles. The van der Waals surface area contributed by atoms with Crippen LogP contribution in [0.2, 0.25) is 0 Å². The number of hydrogen-bond acceptors (Lipinski definition) is 5. The minimum atomic E-state index is -0.118. The molecule has 5 nitrogen and oxygen atoms in total. The minimum Gasteiger partial charge on any atom is -0.508 e. The summed E-state index contributed by atoms with van der Waals surface area (Å²) in [6, 6.07) is 9.69. The molecule has 22 heavy (non-hydrogen) atoms. The van der Waals surface area contributed by atoms with Gasteiger partial charge in [-0.25, -0.2) is 0 Å². The molecule has 6 heteroatoms. The Bertz CT molecular complexity index is 645. The van der Waals surface area contributed by atoms with Gasteiger partial charge in [0.1, 0.15) is 18.1 Å². The summed E-state index contributed by atoms with van der Waals surface area (Å²) < 4.78 is 5.71. The van der Waals surface area contributed by atoms with E-state index in [-0.39, 0.29) is 35.7 Å². The molecule has 0 radical (unpaired) electrons. The zero-order chi connectivity index (χ0) is 14.8. The lowest BCUT2D eigenvalue weighted by atomic mass is 9.94. The molecule has 1 aliphatic heterocycles. The molecule has 0 aliphatic carbocycles. The summed E-state index contributed by atoms with van der Waals surface area (Å²) in [6.07, 6.45) is 0.804. The predicted octanol–water partition coefficient (Wildman–Crippen LogP) is 2.49. The number of rotatable bonds is 3. The molecule has 0 spiro atoms. The first-order valence-corrected chi connectivity index (χ1v) is 6.83. The van der Waals surface area contributed by atoms with Gasteiger partial charge >= 0.3 is 0 Å². The van der Waals surface area contributed by atoms with Crippen LogP contribution < -0.4 is 10.1 Å². The van der Waals surface area contributed by atoms with Gasteiger partial charge in [0.15, 0.2) is 11.5 Å². The van der Waals surface area contributed by atoms with Crippen LogP contribution >= 0.6 is 12.4 Å². The average molecular weight is 324 g/mol. The van der Waals surface area contributed by atoms with Gasteiger partial charge in [-0.3, -0.25) is 0 Å². The van der Waals surface area contributed by atoms with Gasteiger partial charge in [0.2, 0.25) is 0 Å². The van der Waals surface area contributed by atoms with E-state index in [0.29, 0.717) is 12.4 Å². The third kappa shape index (κ3) is 3.37. The fourth-order valence-electron chi connectivity index (χ4n) is 2.54. The molecule has 1 heterocycles. The SMILES string of the molecule is Cl.Oc1ccc(OCC2NCCc3cc(O)c(O)cc32)cc1. The Kier molecular flexibility index (Phi) is 5.00. The molecule has 1 atom stereocenters. The first-order valence-electron chi connectivity index (χ1n) is 6.83. The number of aromatic hydroxyl groups is 3. The molecular formula is C16H18ClNO4. The van der Waals surface area contributed by atoms with Crippen LogP contribution in [0.15, 0.2) is 36.4 Å². The molecule has 0 fully saturated rings. The Labute approximate surface area is 134 Å². The number of benzene rings is 2. The summed E-state index contributed by atoms with van der Waals surface area (Å²) in [7, 11) is 0. The monoisotopic (exact) mass is 323 g/mol. The van der Waals surface area contributed by atoms with Crippen molar-refractivity contribution in [1.82, 2.24) is 5.32 Å². The highest BCUT2D eigenvalue weighted by molar-refractivity contribution is 5.85. The fourth-order valence-corrected chi connectivity index (χ4v) is 2.54. The molecule has 0 aromatic heterocycles. The van der Waals surface area contributed by atoms with Gasteiger partial charge in [-0.15, -0.1) is 12.4 Å². The summed E-state index contributed by atoms with van der Waals surface area (Å²) in [5.74, 6) is 0.662. The summed E-state index contributed by atoms with van der Waals surface area (Å²) in [6.45, 7) is 1.20. The Morgan fingerprint density at radius 1 is 1.05 bits per heavy atom. The maximum absolute atomic E-state index is 9.66. The molecule has 2 aromatic rings. The first kappa shape index (κ1) is 16.3. The number of nitrogens with one attached hydrogen (secondary N) is 1. The second-order valence-corrected chi connectivity index (χ2v) is 5.10. The average Bonchev–Trinajstić information content (AvgIpc) is 2.48. The zero-order valence-corrected chi connectivity index (χ0v) is 12.6. The minimum absolute atomic E-state index is 0. The van der Waals surface area contributed by atoms with Gasteiger partial charge in [0, 0.05) is 0 Å². The van der Waals surface area contributed by atoms with Gasteiger partial charge < -0.3 is 25.4 Å². The number of hydrogen-bond donors (Lipinski definition) is 4. The quantitative estimate of drug-likeness (QED) is 0.652. The van der Waals surface area contributed by atoms with Gasteiger partial charge in [-0.1, -0.05) is 0 Å². The van der Waals surface area contributed by atoms with E-state index in [1.54, 1.807) is 36.4 Å². The molecule has 0 saturated carbocycles. The summed E-state index contributed by atoms with van der Waals surface area (Å²) >= 11 is 0. The standard InChI is InChI=1S/C16H17NO4.ClH/c18-11-1-3-12(4-2-11)21-9-14-13-8-16(20)15(19)7-10(13)5-6-17-14;/h1-4,7-8,14,17-20H,5-6,9H2;1H.